The summed E-state index contributed by atoms with van der Waals surface area (Å²) in [5, 5.41) is 3.36. The van der Waals surface area contributed by atoms with Crippen LogP contribution in [0.3, 0.4) is 0 Å². The van der Waals surface area contributed by atoms with E-state index < -0.39 is 0 Å². The molecule has 0 spiro atoms. The van der Waals surface area contributed by atoms with Crippen LogP contribution >= 0.6 is 38.5 Å². The zero-order chi connectivity index (χ0) is 15.4. The van der Waals surface area contributed by atoms with Crippen molar-refractivity contribution in [3.8, 4) is 11.5 Å². The first-order valence-electron chi connectivity index (χ1n) is 6.44. The quantitative estimate of drug-likeness (QED) is 0.670. The second kappa shape index (κ2) is 7.47. The molecule has 0 aliphatic rings. The van der Waals surface area contributed by atoms with Gasteiger partial charge in [0.1, 0.15) is 0 Å². The average molecular weight is 462 g/mol. The number of halogens is 2. The molecule has 2 aromatic carbocycles. The molecule has 0 bridgehead atoms. The molecule has 0 heterocycles. The van der Waals surface area contributed by atoms with Crippen LogP contribution in [0.1, 0.15) is 17.2 Å². The van der Waals surface area contributed by atoms with Gasteiger partial charge in [0, 0.05) is 8.04 Å². The molecule has 1 atom stereocenters. The molecule has 2 rings (SSSR count). The Balaban J connectivity index is 2.52. The first kappa shape index (κ1) is 16.6. The Kier molecular flexibility index (Phi) is 5.89. The fourth-order valence-corrected chi connectivity index (χ4v) is 3.40. The molecule has 0 aliphatic heterocycles. The monoisotopic (exact) mass is 461 g/mol. The van der Waals surface area contributed by atoms with Gasteiger partial charge >= 0.3 is 0 Å². The third-order valence-electron chi connectivity index (χ3n) is 3.28. The molecule has 0 fully saturated rings. The molecule has 0 aromatic heterocycles. The third kappa shape index (κ3) is 3.70. The molecule has 3 nitrogen and oxygen atoms in total. The lowest BCUT2D eigenvalue weighted by molar-refractivity contribution is 0.354. The Hall–Kier alpha value is -0.790. The number of benzene rings is 2. The largest absolute Gasteiger partial charge is 0.493 e. The molecule has 21 heavy (non-hydrogen) atoms. The summed E-state index contributed by atoms with van der Waals surface area (Å²) in [5.41, 5.74) is 2.31. The van der Waals surface area contributed by atoms with Gasteiger partial charge in [-0.05, 0) is 65.0 Å². The first-order chi connectivity index (χ1) is 10.1. The fraction of sp³-hybridized carbons (Fsp3) is 0.250. The normalized spacial score (nSPS) is 12.0. The molecule has 0 saturated heterocycles. The standard InChI is InChI=1S/C16H17BrINO2/c1-19-16(10-5-4-6-11(18)7-10)12-8-14(20-2)15(21-3)9-13(12)17/h4-9,16,19H,1-3H3. The summed E-state index contributed by atoms with van der Waals surface area (Å²) >= 11 is 5.96. The zero-order valence-corrected chi connectivity index (χ0v) is 15.9. The minimum atomic E-state index is 0.0777. The van der Waals surface area contributed by atoms with Crippen LogP contribution in [0.25, 0.3) is 0 Å². The van der Waals surface area contributed by atoms with Gasteiger partial charge in [0.05, 0.1) is 20.3 Å². The van der Waals surface area contributed by atoms with Crippen LogP contribution in [0.4, 0.5) is 0 Å². The Morgan fingerprint density at radius 3 is 2.33 bits per heavy atom. The van der Waals surface area contributed by atoms with Crippen LogP contribution in [0, 0.1) is 3.57 Å². The van der Waals surface area contributed by atoms with Gasteiger partial charge in [-0.2, -0.15) is 0 Å². The lowest BCUT2D eigenvalue weighted by atomic mass is 9.98. The van der Waals surface area contributed by atoms with E-state index in [1.54, 1.807) is 14.2 Å². The molecule has 5 heteroatoms. The SMILES string of the molecule is CNC(c1cccc(I)c1)c1cc(OC)c(OC)cc1Br. The maximum atomic E-state index is 5.41. The van der Waals surface area contributed by atoms with Crippen LogP contribution in [0.5, 0.6) is 11.5 Å². The molecule has 0 aliphatic carbocycles. The van der Waals surface area contributed by atoms with E-state index in [2.05, 4.69) is 68.1 Å². The predicted molar refractivity (Wildman–Crippen MR) is 97.3 cm³/mol. The summed E-state index contributed by atoms with van der Waals surface area (Å²) < 4.78 is 12.9. The highest BCUT2D eigenvalue weighted by atomic mass is 127. The Morgan fingerprint density at radius 1 is 1.10 bits per heavy atom. The van der Waals surface area contributed by atoms with Crippen LogP contribution < -0.4 is 14.8 Å². The molecule has 2 aromatic rings. The van der Waals surface area contributed by atoms with Crippen molar-refractivity contribution in [2.24, 2.45) is 0 Å². The third-order valence-corrected chi connectivity index (χ3v) is 4.64. The van der Waals surface area contributed by atoms with Gasteiger partial charge in [-0.15, -0.1) is 0 Å². The number of ether oxygens (including phenoxy) is 2. The summed E-state index contributed by atoms with van der Waals surface area (Å²) in [7, 11) is 5.24. The maximum Gasteiger partial charge on any atom is 0.161 e. The minimum absolute atomic E-state index is 0.0777. The summed E-state index contributed by atoms with van der Waals surface area (Å²) in [6.07, 6.45) is 0. The van der Waals surface area contributed by atoms with Crippen molar-refractivity contribution in [2.75, 3.05) is 21.3 Å². The molecule has 0 amide bonds. The summed E-state index contributed by atoms with van der Waals surface area (Å²) in [4.78, 5) is 0. The Morgan fingerprint density at radius 2 is 1.76 bits per heavy atom. The van der Waals surface area contributed by atoms with E-state index in [1.165, 1.54) is 9.13 Å². The van der Waals surface area contributed by atoms with E-state index in [9.17, 15) is 0 Å². The van der Waals surface area contributed by atoms with Crippen molar-refractivity contribution < 1.29 is 9.47 Å². The van der Waals surface area contributed by atoms with E-state index in [0.717, 1.165) is 15.8 Å². The lowest BCUT2D eigenvalue weighted by Gasteiger charge is -2.21. The van der Waals surface area contributed by atoms with Gasteiger partial charge in [-0.1, -0.05) is 28.1 Å². The van der Waals surface area contributed by atoms with E-state index in [4.69, 9.17) is 9.47 Å². The number of nitrogens with one attached hydrogen (secondary N) is 1. The fourth-order valence-electron chi connectivity index (χ4n) is 2.28. The van der Waals surface area contributed by atoms with Crippen molar-refractivity contribution >= 4 is 38.5 Å². The summed E-state index contributed by atoms with van der Waals surface area (Å²) in [6, 6.07) is 12.5. The zero-order valence-electron chi connectivity index (χ0n) is 12.1. The molecule has 1 unspecified atom stereocenters. The first-order valence-corrected chi connectivity index (χ1v) is 8.32. The van der Waals surface area contributed by atoms with Crippen LogP contribution in [-0.2, 0) is 0 Å². The number of hydrogen-bond acceptors (Lipinski definition) is 3. The molecule has 112 valence electrons. The highest BCUT2D eigenvalue weighted by Gasteiger charge is 2.18. The second-order valence-corrected chi connectivity index (χ2v) is 6.61. The number of hydrogen-bond donors (Lipinski definition) is 1. The smallest absolute Gasteiger partial charge is 0.161 e. The maximum absolute atomic E-state index is 5.41. The Bertz CT molecular complexity index is 634. The Labute approximate surface area is 147 Å². The van der Waals surface area contributed by atoms with Gasteiger partial charge in [-0.25, -0.2) is 0 Å². The second-order valence-electron chi connectivity index (χ2n) is 4.51. The van der Waals surface area contributed by atoms with Gasteiger partial charge in [-0.3, -0.25) is 0 Å². The summed E-state index contributed by atoms with van der Waals surface area (Å²) in [5.74, 6) is 1.44. The van der Waals surface area contributed by atoms with Crippen LogP contribution in [0.15, 0.2) is 40.9 Å². The van der Waals surface area contributed by atoms with Crippen molar-refractivity contribution in [3.05, 3.63) is 55.6 Å². The number of rotatable bonds is 5. The van der Waals surface area contributed by atoms with Gasteiger partial charge in [0.2, 0.25) is 0 Å². The van der Waals surface area contributed by atoms with Crippen molar-refractivity contribution in [1.82, 2.24) is 5.32 Å². The van der Waals surface area contributed by atoms with E-state index >= 15 is 0 Å². The van der Waals surface area contributed by atoms with Crippen molar-refractivity contribution in [3.63, 3.8) is 0 Å². The van der Waals surface area contributed by atoms with Gasteiger partial charge in [0.25, 0.3) is 0 Å². The van der Waals surface area contributed by atoms with Gasteiger partial charge in [0.15, 0.2) is 11.5 Å². The van der Waals surface area contributed by atoms with Crippen molar-refractivity contribution in [2.45, 2.75) is 6.04 Å². The van der Waals surface area contributed by atoms with Crippen LogP contribution in [0.2, 0.25) is 0 Å². The number of methoxy groups -OCH3 is 2. The molecule has 1 N–H and O–H groups in total. The highest BCUT2D eigenvalue weighted by Crippen LogP contribution is 2.38. The predicted octanol–water partition coefficient (Wildman–Crippen LogP) is 4.38. The van der Waals surface area contributed by atoms with E-state index in [-0.39, 0.29) is 6.04 Å². The van der Waals surface area contributed by atoms with E-state index in [0.29, 0.717) is 5.75 Å². The molecular formula is C16H17BrINO2. The lowest BCUT2D eigenvalue weighted by Crippen LogP contribution is -2.18. The summed E-state index contributed by atoms with van der Waals surface area (Å²) in [6.45, 7) is 0. The van der Waals surface area contributed by atoms with Gasteiger partial charge < -0.3 is 14.8 Å². The van der Waals surface area contributed by atoms with Crippen LogP contribution in [-0.4, -0.2) is 21.3 Å². The molecular weight excluding hydrogens is 445 g/mol. The topological polar surface area (TPSA) is 30.5 Å². The van der Waals surface area contributed by atoms with Crippen molar-refractivity contribution in [1.29, 1.82) is 0 Å². The highest BCUT2D eigenvalue weighted by molar-refractivity contribution is 14.1. The van der Waals surface area contributed by atoms with E-state index in [1.807, 2.05) is 19.2 Å². The molecule has 0 saturated carbocycles. The minimum Gasteiger partial charge on any atom is -0.493 e. The average Bonchev–Trinajstić information content (AvgIpc) is 2.49. The molecule has 0 radical (unpaired) electrons.